The molecule has 0 unspecified atom stereocenters. The van der Waals surface area contributed by atoms with Crippen LogP contribution >= 0.6 is 0 Å². The Hall–Kier alpha value is -1.42. The Morgan fingerprint density at radius 2 is 1.75 bits per heavy atom. The number of para-hydroxylation sites is 1. The van der Waals surface area contributed by atoms with Crippen molar-refractivity contribution in [1.82, 2.24) is 9.78 Å². The molecule has 0 radical (unpaired) electrons. The summed E-state index contributed by atoms with van der Waals surface area (Å²) >= 11 is 5.32. The molecule has 4 heteroatoms. The molecule has 0 amide bonds. The lowest BCUT2D eigenvalue weighted by Crippen LogP contribution is -2.34. The maximum atomic E-state index is 5.32. The van der Waals surface area contributed by atoms with E-state index in [4.69, 9.17) is 12.6 Å². The summed E-state index contributed by atoms with van der Waals surface area (Å²) in [5.41, 5.74) is 1.06. The Labute approximate surface area is 127 Å². The van der Waals surface area contributed by atoms with Gasteiger partial charge in [-0.25, -0.2) is 0 Å². The van der Waals surface area contributed by atoms with Crippen LogP contribution in [-0.2, 0) is 19.2 Å². The van der Waals surface area contributed by atoms with Crippen molar-refractivity contribution in [1.29, 1.82) is 0 Å². The predicted octanol–water partition coefficient (Wildman–Crippen LogP) is 3.43. The van der Waals surface area contributed by atoms with E-state index in [1.165, 1.54) is 38.5 Å². The van der Waals surface area contributed by atoms with Gasteiger partial charge in [-0.05, 0) is 18.6 Å². The molecule has 0 bridgehead atoms. The van der Waals surface area contributed by atoms with Crippen molar-refractivity contribution >= 4 is 12.6 Å². The lowest BCUT2D eigenvalue weighted by atomic mass is 10.1. The average molecular weight is 289 g/mol. The van der Waals surface area contributed by atoms with Gasteiger partial charge in [-0.2, -0.15) is 0 Å². The lowest BCUT2D eigenvalue weighted by Gasteiger charge is -2.02. The van der Waals surface area contributed by atoms with Crippen molar-refractivity contribution in [2.24, 2.45) is 0 Å². The first kappa shape index (κ1) is 15.0. The number of hydrogen-bond acceptors (Lipinski definition) is 2. The van der Waals surface area contributed by atoms with E-state index in [9.17, 15) is 0 Å². The van der Waals surface area contributed by atoms with Crippen LogP contribution in [0.1, 0.15) is 45.4 Å². The van der Waals surface area contributed by atoms with E-state index in [0.29, 0.717) is 5.16 Å². The molecule has 0 aliphatic heterocycles. The Kier molecular flexibility index (Phi) is 5.99. The first-order valence-corrected chi connectivity index (χ1v) is 7.93. The molecule has 0 saturated carbocycles. The fourth-order valence-electron chi connectivity index (χ4n) is 2.28. The summed E-state index contributed by atoms with van der Waals surface area (Å²) < 4.78 is 3.93. The SMILES string of the molecule is CCCCCCCC[n+]1cn(-c2ccccc2)nc1[S-]. The Balaban J connectivity index is 1.85. The Morgan fingerprint density at radius 3 is 2.50 bits per heavy atom. The van der Waals surface area contributed by atoms with E-state index in [2.05, 4.69) is 16.6 Å². The molecule has 1 aromatic carbocycles. The summed E-state index contributed by atoms with van der Waals surface area (Å²) in [7, 11) is 0. The summed E-state index contributed by atoms with van der Waals surface area (Å²) in [6.07, 6.45) is 9.79. The van der Waals surface area contributed by atoms with E-state index in [1.54, 1.807) is 0 Å². The maximum Gasteiger partial charge on any atom is 0.227 e. The molecule has 2 rings (SSSR count). The fraction of sp³-hybridized carbons (Fsp3) is 0.500. The topological polar surface area (TPSA) is 21.7 Å². The molecule has 0 aliphatic carbocycles. The van der Waals surface area contributed by atoms with Crippen LogP contribution in [0.3, 0.4) is 0 Å². The van der Waals surface area contributed by atoms with Gasteiger partial charge >= 0.3 is 0 Å². The van der Waals surface area contributed by atoms with Crippen LogP contribution in [0.4, 0.5) is 0 Å². The summed E-state index contributed by atoms with van der Waals surface area (Å²) in [6, 6.07) is 10.1. The van der Waals surface area contributed by atoms with Crippen molar-refractivity contribution in [3.63, 3.8) is 0 Å². The molecule has 20 heavy (non-hydrogen) atoms. The molecule has 0 spiro atoms. The highest BCUT2D eigenvalue weighted by Gasteiger charge is 2.09. The number of aromatic nitrogens is 3. The molecule has 3 nitrogen and oxygen atoms in total. The lowest BCUT2D eigenvalue weighted by molar-refractivity contribution is -0.733. The first-order chi connectivity index (χ1) is 9.81. The number of nitrogens with zero attached hydrogens (tertiary/aromatic N) is 3. The van der Waals surface area contributed by atoms with Gasteiger partial charge in [0.05, 0.1) is 6.54 Å². The zero-order valence-corrected chi connectivity index (χ0v) is 13.0. The van der Waals surface area contributed by atoms with Gasteiger partial charge in [0.15, 0.2) is 5.16 Å². The second-order valence-electron chi connectivity index (χ2n) is 5.14. The predicted molar refractivity (Wildman–Crippen MR) is 82.8 cm³/mol. The van der Waals surface area contributed by atoms with E-state index >= 15 is 0 Å². The molecule has 0 fully saturated rings. The first-order valence-electron chi connectivity index (χ1n) is 7.53. The second kappa shape index (κ2) is 8.00. The van der Waals surface area contributed by atoms with Crippen molar-refractivity contribution in [3.05, 3.63) is 36.7 Å². The number of benzene rings is 1. The summed E-state index contributed by atoms with van der Waals surface area (Å²) in [4.78, 5) is 0. The normalized spacial score (nSPS) is 10.8. The van der Waals surface area contributed by atoms with Gasteiger partial charge in [-0.3, -0.25) is 4.57 Å². The minimum atomic E-state index is 0.669. The average Bonchev–Trinajstić information content (AvgIpc) is 2.85. The quantitative estimate of drug-likeness (QED) is 0.422. The largest absolute Gasteiger partial charge is 0.703 e. The monoisotopic (exact) mass is 289 g/mol. The maximum absolute atomic E-state index is 5.32. The van der Waals surface area contributed by atoms with Crippen molar-refractivity contribution in [3.8, 4) is 5.69 Å². The molecule has 108 valence electrons. The molecule has 0 N–H and O–H groups in total. The number of hydrogen-bond donors (Lipinski definition) is 0. The van der Waals surface area contributed by atoms with Crippen molar-refractivity contribution in [2.75, 3.05) is 0 Å². The molecule has 0 saturated heterocycles. The van der Waals surface area contributed by atoms with E-state index < -0.39 is 0 Å². The van der Waals surface area contributed by atoms with Gasteiger partial charge in [-0.1, -0.05) is 61.9 Å². The molecule has 1 heterocycles. The van der Waals surface area contributed by atoms with E-state index in [0.717, 1.165) is 12.2 Å². The summed E-state index contributed by atoms with van der Waals surface area (Å²) in [5.74, 6) is 0. The molecule has 0 atom stereocenters. The zero-order valence-electron chi connectivity index (χ0n) is 12.2. The second-order valence-corrected chi connectivity index (χ2v) is 5.50. The highest BCUT2D eigenvalue weighted by atomic mass is 32.1. The number of unbranched alkanes of at least 4 members (excludes halogenated alkanes) is 5. The molecular formula is C16H23N3S. The van der Waals surface area contributed by atoms with E-state index in [-0.39, 0.29) is 0 Å². The highest BCUT2D eigenvalue weighted by Crippen LogP contribution is 2.06. The molecule has 1 aromatic heterocycles. The fourth-order valence-corrected chi connectivity index (χ4v) is 2.50. The van der Waals surface area contributed by atoms with Crippen LogP contribution in [-0.4, -0.2) is 9.78 Å². The highest BCUT2D eigenvalue weighted by molar-refractivity contribution is 7.58. The zero-order chi connectivity index (χ0) is 14.2. The minimum absolute atomic E-state index is 0.669. The van der Waals surface area contributed by atoms with Gasteiger partial charge in [-0.15, -0.1) is 0 Å². The van der Waals surface area contributed by atoms with Gasteiger partial charge in [0.25, 0.3) is 0 Å². The minimum Gasteiger partial charge on any atom is -0.703 e. The van der Waals surface area contributed by atoms with Gasteiger partial charge in [0, 0.05) is 5.10 Å². The third-order valence-electron chi connectivity index (χ3n) is 3.46. The molecule has 2 aromatic rings. The smallest absolute Gasteiger partial charge is 0.227 e. The van der Waals surface area contributed by atoms with Crippen molar-refractivity contribution < 1.29 is 4.57 Å². The summed E-state index contributed by atoms with van der Waals surface area (Å²) in [6.45, 7) is 3.22. The van der Waals surface area contributed by atoms with Gasteiger partial charge < -0.3 is 12.6 Å². The molecule has 0 aliphatic rings. The van der Waals surface area contributed by atoms with E-state index in [1.807, 2.05) is 41.3 Å². The summed E-state index contributed by atoms with van der Waals surface area (Å²) in [5, 5.41) is 5.07. The van der Waals surface area contributed by atoms with Crippen LogP contribution < -0.4 is 4.57 Å². The Bertz CT molecular complexity index is 508. The van der Waals surface area contributed by atoms with Crippen LogP contribution in [0.2, 0.25) is 0 Å². The van der Waals surface area contributed by atoms with Crippen LogP contribution in [0.15, 0.2) is 41.8 Å². The third-order valence-corrected chi connectivity index (χ3v) is 3.78. The van der Waals surface area contributed by atoms with Gasteiger partial charge in [0.2, 0.25) is 6.33 Å². The standard InChI is InChI=1S/C16H23N3S/c1-2-3-4-5-6-10-13-18-14-19(17-16(18)20)15-11-8-7-9-12-15/h7-9,11-12,14H,2-6,10,13H2,1H3. The van der Waals surface area contributed by atoms with Crippen molar-refractivity contribution in [2.45, 2.75) is 57.1 Å². The van der Waals surface area contributed by atoms with Gasteiger partial charge in [0.1, 0.15) is 5.69 Å². The van der Waals surface area contributed by atoms with Crippen LogP contribution in [0.25, 0.3) is 5.69 Å². The third kappa shape index (κ3) is 4.30. The Morgan fingerprint density at radius 1 is 1.05 bits per heavy atom. The van der Waals surface area contributed by atoms with Crippen LogP contribution in [0.5, 0.6) is 0 Å². The number of rotatable bonds is 8. The number of aryl methyl sites for hydroxylation is 1. The molecular weight excluding hydrogens is 266 g/mol. The van der Waals surface area contributed by atoms with Crippen LogP contribution in [0, 0.1) is 0 Å².